The van der Waals surface area contributed by atoms with Gasteiger partial charge < -0.3 is 14.8 Å². The van der Waals surface area contributed by atoms with Gasteiger partial charge in [0.15, 0.2) is 0 Å². The van der Waals surface area contributed by atoms with Gasteiger partial charge in [0, 0.05) is 12.1 Å². The Morgan fingerprint density at radius 3 is 2.27 bits per heavy atom. The summed E-state index contributed by atoms with van der Waals surface area (Å²) in [6.07, 6.45) is 2.08. The number of para-hydroxylation sites is 1. The van der Waals surface area contributed by atoms with Gasteiger partial charge in [-0.3, -0.25) is 0 Å². The van der Waals surface area contributed by atoms with Crippen LogP contribution < -0.4 is 14.8 Å². The summed E-state index contributed by atoms with van der Waals surface area (Å²) in [5.41, 5.74) is 3.64. The predicted molar refractivity (Wildman–Crippen MR) is 126 cm³/mol. The minimum absolute atomic E-state index is 0.0667. The summed E-state index contributed by atoms with van der Waals surface area (Å²) in [6.45, 7) is 7.97. The molecule has 0 aliphatic heterocycles. The van der Waals surface area contributed by atoms with E-state index in [1.165, 1.54) is 11.1 Å². The maximum atomic E-state index is 6.22. The fourth-order valence-electron chi connectivity index (χ4n) is 3.34. The smallest absolute Gasteiger partial charge is 0.123 e. The lowest BCUT2D eigenvalue weighted by molar-refractivity contribution is 0.231. The molecule has 0 aliphatic rings. The highest BCUT2D eigenvalue weighted by molar-refractivity contribution is 5.46. The minimum Gasteiger partial charge on any atom is -0.493 e. The second kappa shape index (κ2) is 11.3. The third-order valence-corrected chi connectivity index (χ3v) is 5.34. The minimum atomic E-state index is 0.0667. The average molecular weight is 404 g/mol. The van der Waals surface area contributed by atoms with Gasteiger partial charge in [-0.15, -0.1) is 0 Å². The molecule has 158 valence electrons. The lowest BCUT2D eigenvalue weighted by Crippen LogP contribution is -2.23. The fourth-order valence-corrected chi connectivity index (χ4v) is 3.34. The predicted octanol–water partition coefficient (Wildman–Crippen LogP) is 6.70. The van der Waals surface area contributed by atoms with E-state index in [0.717, 1.165) is 36.6 Å². The van der Waals surface area contributed by atoms with E-state index in [4.69, 9.17) is 9.47 Å². The van der Waals surface area contributed by atoms with Crippen LogP contribution >= 0.6 is 0 Å². The zero-order valence-electron chi connectivity index (χ0n) is 18.3. The first-order valence-corrected chi connectivity index (χ1v) is 10.9. The summed E-state index contributed by atoms with van der Waals surface area (Å²) >= 11 is 0. The van der Waals surface area contributed by atoms with Crippen molar-refractivity contribution >= 4 is 5.69 Å². The van der Waals surface area contributed by atoms with Gasteiger partial charge in [0.25, 0.3) is 0 Å². The molecule has 1 N–H and O–H groups in total. The van der Waals surface area contributed by atoms with Crippen molar-refractivity contribution in [2.24, 2.45) is 0 Å². The van der Waals surface area contributed by atoms with Crippen LogP contribution in [0, 0.1) is 0 Å². The van der Waals surface area contributed by atoms with Crippen molar-refractivity contribution in [1.29, 1.82) is 0 Å². The molecule has 0 spiro atoms. The lowest BCUT2D eigenvalue weighted by Gasteiger charge is -2.20. The summed E-state index contributed by atoms with van der Waals surface area (Å²) in [5.74, 6) is 2.38. The topological polar surface area (TPSA) is 30.5 Å². The first-order chi connectivity index (χ1) is 14.7. The quantitative estimate of drug-likeness (QED) is 0.386. The third-order valence-electron chi connectivity index (χ3n) is 5.34. The van der Waals surface area contributed by atoms with Crippen LogP contribution in [0.4, 0.5) is 5.69 Å². The van der Waals surface area contributed by atoms with Crippen LogP contribution in [0.1, 0.15) is 44.2 Å². The Bertz CT molecular complexity index is 877. The van der Waals surface area contributed by atoms with Crippen LogP contribution in [-0.4, -0.2) is 19.3 Å². The highest BCUT2D eigenvalue weighted by Gasteiger charge is 2.12. The number of rotatable bonds is 11. The van der Waals surface area contributed by atoms with Crippen LogP contribution in [0.5, 0.6) is 11.5 Å². The maximum absolute atomic E-state index is 6.22. The highest BCUT2D eigenvalue weighted by Crippen LogP contribution is 2.29. The maximum Gasteiger partial charge on any atom is 0.123 e. The van der Waals surface area contributed by atoms with Crippen molar-refractivity contribution in [3.63, 3.8) is 0 Å². The first kappa shape index (κ1) is 21.8. The molecule has 0 aliphatic carbocycles. The Balaban J connectivity index is 1.44. The van der Waals surface area contributed by atoms with E-state index in [0.29, 0.717) is 12.5 Å². The number of anilines is 1. The molecule has 3 nitrogen and oxygen atoms in total. The Hall–Kier alpha value is -2.94. The van der Waals surface area contributed by atoms with Crippen LogP contribution in [0.2, 0.25) is 0 Å². The summed E-state index contributed by atoms with van der Waals surface area (Å²) < 4.78 is 12.1. The van der Waals surface area contributed by atoms with Crippen LogP contribution in [0.25, 0.3) is 0 Å². The zero-order valence-corrected chi connectivity index (χ0v) is 18.3. The molecular weight excluding hydrogens is 370 g/mol. The van der Waals surface area contributed by atoms with Crippen molar-refractivity contribution in [3.05, 3.63) is 90.0 Å². The number of hydrogen-bond donors (Lipinski definition) is 1. The summed E-state index contributed by atoms with van der Waals surface area (Å²) in [7, 11) is 0. The second-order valence-electron chi connectivity index (χ2n) is 7.76. The van der Waals surface area contributed by atoms with Crippen molar-refractivity contribution in [1.82, 2.24) is 0 Å². The van der Waals surface area contributed by atoms with Gasteiger partial charge in [-0.2, -0.15) is 0 Å². The molecule has 3 aromatic carbocycles. The average Bonchev–Trinajstić information content (AvgIpc) is 2.79. The van der Waals surface area contributed by atoms with E-state index in [2.05, 4.69) is 80.7 Å². The first-order valence-electron chi connectivity index (χ1n) is 10.9. The lowest BCUT2D eigenvalue weighted by atomic mass is 9.98. The number of ether oxygens (including phenoxy) is 2. The van der Waals surface area contributed by atoms with Gasteiger partial charge >= 0.3 is 0 Å². The second-order valence-corrected chi connectivity index (χ2v) is 7.76. The van der Waals surface area contributed by atoms with Crippen molar-refractivity contribution in [2.75, 3.05) is 18.5 Å². The normalized spacial score (nSPS) is 12.8. The van der Waals surface area contributed by atoms with Gasteiger partial charge in [-0.25, -0.2) is 0 Å². The summed E-state index contributed by atoms with van der Waals surface area (Å²) in [4.78, 5) is 0. The van der Waals surface area contributed by atoms with E-state index in [9.17, 15) is 0 Å². The molecule has 0 heterocycles. The SMILES string of the molecule is CCC(C)c1ccccc1OC(C)CNc1ccc(OCCc2ccccc2)cc1. The molecule has 0 saturated heterocycles. The molecule has 0 bridgehead atoms. The molecule has 30 heavy (non-hydrogen) atoms. The number of nitrogens with one attached hydrogen (secondary N) is 1. The fraction of sp³-hybridized carbons (Fsp3) is 0.333. The molecule has 2 atom stereocenters. The standard InChI is InChI=1S/C27H33NO2/c1-4-21(2)26-12-8-9-13-27(26)30-22(3)20-28-24-14-16-25(17-15-24)29-19-18-23-10-6-5-7-11-23/h5-17,21-22,28H,4,18-20H2,1-3H3. The van der Waals surface area contributed by atoms with Crippen molar-refractivity contribution < 1.29 is 9.47 Å². The Morgan fingerprint density at radius 2 is 1.53 bits per heavy atom. The van der Waals surface area contributed by atoms with Gasteiger partial charge in [0.2, 0.25) is 0 Å². The molecule has 0 saturated carbocycles. The Labute approximate surface area is 181 Å². The molecule has 3 aromatic rings. The zero-order chi connectivity index (χ0) is 21.2. The van der Waals surface area contributed by atoms with Gasteiger partial charge in [0.1, 0.15) is 17.6 Å². The monoisotopic (exact) mass is 403 g/mol. The molecule has 0 fully saturated rings. The molecule has 2 unspecified atom stereocenters. The van der Waals surface area contributed by atoms with E-state index in [1.54, 1.807) is 0 Å². The molecule has 0 aromatic heterocycles. The van der Waals surface area contributed by atoms with Gasteiger partial charge in [0.05, 0.1) is 13.2 Å². The van der Waals surface area contributed by atoms with E-state index < -0.39 is 0 Å². The largest absolute Gasteiger partial charge is 0.493 e. The Kier molecular flexibility index (Phi) is 8.20. The number of benzene rings is 3. The summed E-state index contributed by atoms with van der Waals surface area (Å²) in [5, 5.41) is 3.46. The van der Waals surface area contributed by atoms with Crippen molar-refractivity contribution in [2.45, 2.75) is 45.6 Å². The number of hydrogen-bond acceptors (Lipinski definition) is 3. The van der Waals surface area contributed by atoms with E-state index in [-0.39, 0.29) is 6.10 Å². The molecule has 0 amide bonds. The van der Waals surface area contributed by atoms with Crippen LogP contribution in [-0.2, 0) is 6.42 Å². The van der Waals surface area contributed by atoms with Crippen LogP contribution in [0.15, 0.2) is 78.9 Å². The summed E-state index contributed by atoms with van der Waals surface area (Å²) in [6, 6.07) is 26.9. The van der Waals surface area contributed by atoms with Crippen molar-refractivity contribution in [3.8, 4) is 11.5 Å². The molecule has 3 heteroatoms. The van der Waals surface area contributed by atoms with E-state index in [1.807, 2.05) is 24.3 Å². The molecule has 0 radical (unpaired) electrons. The van der Waals surface area contributed by atoms with Gasteiger partial charge in [-0.05, 0) is 60.7 Å². The third kappa shape index (κ3) is 6.55. The van der Waals surface area contributed by atoms with Crippen LogP contribution in [0.3, 0.4) is 0 Å². The molecule has 3 rings (SSSR count). The molecular formula is C27H33NO2. The van der Waals surface area contributed by atoms with E-state index >= 15 is 0 Å². The van der Waals surface area contributed by atoms with Gasteiger partial charge in [-0.1, -0.05) is 62.4 Å². The highest BCUT2D eigenvalue weighted by atomic mass is 16.5. The Morgan fingerprint density at radius 1 is 0.833 bits per heavy atom.